The predicted molar refractivity (Wildman–Crippen MR) is 48.0 cm³/mol. The second-order valence-corrected chi connectivity index (χ2v) is 14.1. The van der Waals surface area contributed by atoms with Crippen LogP contribution in [0.25, 0.3) is 0 Å². The van der Waals surface area contributed by atoms with Crippen LogP contribution in [0.4, 0.5) is 0 Å². The Morgan fingerprint density at radius 1 is 1.40 bits per heavy atom. The van der Waals surface area contributed by atoms with Crippen LogP contribution < -0.4 is 5.32 Å². The third-order valence-electron chi connectivity index (χ3n) is 2.76. The molecule has 2 heteroatoms. The summed E-state index contributed by atoms with van der Waals surface area (Å²) in [6, 6.07) is 0. The molecule has 0 aromatic heterocycles. The van der Waals surface area contributed by atoms with Crippen molar-refractivity contribution >= 4 is 21.4 Å². The van der Waals surface area contributed by atoms with Crippen LogP contribution in [-0.4, -0.2) is 34.5 Å². The van der Waals surface area contributed by atoms with Gasteiger partial charge in [0, 0.05) is 0 Å². The van der Waals surface area contributed by atoms with Gasteiger partial charge in [-0.3, -0.25) is 0 Å². The first kappa shape index (κ1) is 8.92. The zero-order chi connectivity index (χ0) is 7.40. The van der Waals surface area contributed by atoms with E-state index in [0.717, 1.165) is 3.67 Å². The molecule has 1 heterocycles. The summed E-state index contributed by atoms with van der Waals surface area (Å²) in [5, 5.41) is 3.47. The fraction of sp³-hybridized carbons (Fsp3) is 1.00. The van der Waals surface area contributed by atoms with Gasteiger partial charge in [-0.15, -0.1) is 0 Å². The molecule has 0 bridgehead atoms. The number of nitrogens with one attached hydrogen (secondary N) is 1. The Morgan fingerprint density at radius 2 is 2.20 bits per heavy atom. The van der Waals surface area contributed by atoms with Crippen LogP contribution in [0.5, 0.6) is 0 Å². The molecule has 1 atom stereocenters. The first-order valence-electron chi connectivity index (χ1n) is 4.51. The Labute approximate surface area is 72.1 Å². The SMILES string of the molecule is C[CH]1CCNCC[CH2][In]1[CH3]. The third kappa shape index (κ3) is 2.83. The fourth-order valence-electron chi connectivity index (χ4n) is 1.57. The van der Waals surface area contributed by atoms with Gasteiger partial charge in [-0.1, -0.05) is 0 Å². The summed E-state index contributed by atoms with van der Waals surface area (Å²) in [6.07, 6.45) is 2.92. The van der Waals surface area contributed by atoms with Crippen molar-refractivity contribution in [2.45, 2.75) is 32.3 Å². The molecule has 0 spiro atoms. The molecule has 1 nitrogen and oxygen atoms in total. The van der Waals surface area contributed by atoms with Crippen molar-refractivity contribution in [2.24, 2.45) is 0 Å². The average Bonchev–Trinajstić information content (AvgIpc) is 1.92. The van der Waals surface area contributed by atoms with Gasteiger partial charge in [0.05, 0.1) is 0 Å². The minimum absolute atomic E-state index is 0.942. The van der Waals surface area contributed by atoms with E-state index in [0.29, 0.717) is 0 Å². The first-order chi connectivity index (χ1) is 4.80. The maximum absolute atomic E-state index is 3.47. The maximum atomic E-state index is 3.47. The second-order valence-electron chi connectivity index (χ2n) is 3.64. The second kappa shape index (κ2) is 4.66. The zero-order valence-electron chi connectivity index (χ0n) is 7.19. The molecule has 1 N–H and O–H groups in total. The molecule has 1 rings (SSSR count). The zero-order valence-corrected chi connectivity index (χ0v) is 10.5. The van der Waals surface area contributed by atoms with E-state index < -0.39 is 21.4 Å². The predicted octanol–water partition coefficient (Wildman–Crippen LogP) is 1.88. The van der Waals surface area contributed by atoms with E-state index in [4.69, 9.17) is 0 Å². The molecular formula is C8H18InN. The summed E-state index contributed by atoms with van der Waals surface area (Å²) in [5.41, 5.74) is 0. The van der Waals surface area contributed by atoms with Gasteiger partial charge in [0.25, 0.3) is 0 Å². The van der Waals surface area contributed by atoms with Crippen molar-refractivity contribution in [1.82, 2.24) is 5.32 Å². The average molecular weight is 243 g/mol. The Hall–Kier alpha value is 0.830. The molecule has 1 aliphatic rings. The summed E-state index contributed by atoms with van der Waals surface area (Å²) in [6.45, 7) is 5.03. The van der Waals surface area contributed by atoms with Crippen molar-refractivity contribution in [3.8, 4) is 0 Å². The van der Waals surface area contributed by atoms with Gasteiger partial charge in [0.2, 0.25) is 0 Å². The van der Waals surface area contributed by atoms with Crippen LogP contribution in [0, 0.1) is 0 Å². The van der Waals surface area contributed by atoms with Crippen LogP contribution in [0.15, 0.2) is 0 Å². The van der Waals surface area contributed by atoms with Crippen molar-refractivity contribution < 1.29 is 0 Å². The van der Waals surface area contributed by atoms with E-state index in [-0.39, 0.29) is 0 Å². The monoisotopic (exact) mass is 243 g/mol. The molecule has 0 aromatic rings. The summed E-state index contributed by atoms with van der Waals surface area (Å²) >= 11 is -0.942. The van der Waals surface area contributed by atoms with Crippen molar-refractivity contribution in [3.05, 3.63) is 0 Å². The molecule has 1 saturated heterocycles. The van der Waals surface area contributed by atoms with Gasteiger partial charge in [-0.25, -0.2) is 0 Å². The van der Waals surface area contributed by atoms with E-state index in [1.165, 1.54) is 25.9 Å². The minimum atomic E-state index is -0.942. The molecule has 58 valence electrons. The van der Waals surface area contributed by atoms with Gasteiger partial charge in [0.1, 0.15) is 0 Å². The summed E-state index contributed by atoms with van der Waals surface area (Å²) in [5.74, 6) is 0. The van der Waals surface area contributed by atoms with Crippen LogP contribution in [0.3, 0.4) is 0 Å². The van der Waals surface area contributed by atoms with E-state index in [9.17, 15) is 0 Å². The Bertz CT molecular complexity index is 83.3. The summed E-state index contributed by atoms with van der Waals surface area (Å²) in [4.78, 5) is 0. The Kier molecular flexibility index (Phi) is 4.15. The molecule has 0 radical (unpaired) electrons. The fourth-order valence-corrected chi connectivity index (χ4v) is 7.72. The van der Waals surface area contributed by atoms with E-state index in [1.807, 2.05) is 0 Å². The number of hydrogen-bond acceptors (Lipinski definition) is 1. The molecule has 1 fully saturated rings. The van der Waals surface area contributed by atoms with Gasteiger partial charge in [0.15, 0.2) is 0 Å². The number of hydrogen-bond donors (Lipinski definition) is 1. The normalized spacial score (nSPS) is 29.4. The third-order valence-corrected chi connectivity index (χ3v) is 13.0. The van der Waals surface area contributed by atoms with Gasteiger partial charge >= 0.3 is 72.1 Å². The first-order valence-corrected chi connectivity index (χ1v) is 12.0. The van der Waals surface area contributed by atoms with E-state index >= 15 is 0 Å². The van der Waals surface area contributed by atoms with E-state index in [2.05, 4.69) is 16.9 Å². The Balaban J connectivity index is 2.28. The molecule has 10 heavy (non-hydrogen) atoms. The molecule has 0 aliphatic carbocycles. The summed E-state index contributed by atoms with van der Waals surface area (Å²) < 4.78 is 5.35. The standard InChI is InChI=1S/C7H15N.CH3.In/c1-3-5-7-8-6-4-2;;/h3,8H,2,4-7H2,1H3;1H3;. The molecule has 1 aliphatic heterocycles. The van der Waals surface area contributed by atoms with Crippen molar-refractivity contribution in [1.29, 1.82) is 0 Å². The topological polar surface area (TPSA) is 12.0 Å². The molecule has 1 unspecified atom stereocenters. The van der Waals surface area contributed by atoms with Crippen molar-refractivity contribution in [2.75, 3.05) is 13.1 Å². The van der Waals surface area contributed by atoms with Crippen LogP contribution >= 0.6 is 0 Å². The molecular weight excluding hydrogens is 225 g/mol. The van der Waals surface area contributed by atoms with Crippen LogP contribution in [0.1, 0.15) is 19.8 Å². The van der Waals surface area contributed by atoms with Gasteiger partial charge in [-0.05, 0) is 0 Å². The van der Waals surface area contributed by atoms with Gasteiger partial charge < -0.3 is 0 Å². The van der Waals surface area contributed by atoms with Gasteiger partial charge in [-0.2, -0.15) is 0 Å². The molecule has 0 saturated carbocycles. The van der Waals surface area contributed by atoms with E-state index in [1.54, 1.807) is 4.18 Å². The summed E-state index contributed by atoms with van der Waals surface area (Å²) in [7, 11) is 0. The number of rotatable bonds is 0. The quantitative estimate of drug-likeness (QED) is 0.685. The van der Waals surface area contributed by atoms with Crippen molar-refractivity contribution in [3.63, 3.8) is 0 Å². The Morgan fingerprint density at radius 3 is 3.00 bits per heavy atom. The van der Waals surface area contributed by atoms with Crippen LogP contribution in [0.2, 0.25) is 12.5 Å². The molecule has 0 aromatic carbocycles. The van der Waals surface area contributed by atoms with Crippen LogP contribution in [-0.2, 0) is 0 Å². The molecule has 0 amide bonds.